The lowest BCUT2D eigenvalue weighted by molar-refractivity contribution is 0.0960. The maximum absolute atomic E-state index is 12.2. The van der Waals surface area contributed by atoms with Gasteiger partial charge in [0.1, 0.15) is 18.4 Å². The largest absolute Gasteiger partial charge is 0.490 e. The Bertz CT molecular complexity index is 569. The van der Waals surface area contributed by atoms with Crippen LogP contribution in [-0.4, -0.2) is 42.4 Å². The zero-order chi connectivity index (χ0) is 15.1. The van der Waals surface area contributed by atoms with Crippen molar-refractivity contribution >= 4 is 18.1 Å². The molecule has 0 aromatic heterocycles. The third-order valence-electron chi connectivity index (χ3n) is 2.72. The Morgan fingerprint density at radius 3 is 2.81 bits per heavy atom. The quantitative estimate of drug-likeness (QED) is 0.536. The number of rotatable bonds is 6. The molecule has 1 aliphatic rings. The van der Waals surface area contributed by atoms with Gasteiger partial charge in [-0.1, -0.05) is 30.3 Å². The maximum Gasteiger partial charge on any atom is 0.404 e. The van der Waals surface area contributed by atoms with E-state index in [1.165, 1.54) is 6.21 Å². The summed E-state index contributed by atoms with van der Waals surface area (Å²) in [5.74, 6) is 0.312. The number of carbonyl (C=O) groups is 2. The van der Waals surface area contributed by atoms with Gasteiger partial charge in [0.15, 0.2) is 5.78 Å². The number of carbonyl (C=O) groups excluding carboxylic acids is 1. The van der Waals surface area contributed by atoms with Gasteiger partial charge in [0.25, 0.3) is 0 Å². The highest BCUT2D eigenvalue weighted by Gasteiger charge is 2.20. The van der Waals surface area contributed by atoms with Crippen molar-refractivity contribution in [2.24, 2.45) is 5.10 Å². The highest BCUT2D eigenvalue weighted by atomic mass is 16.5. The number of hydrogen-bond donors (Lipinski definition) is 3. The van der Waals surface area contributed by atoms with Gasteiger partial charge in [0, 0.05) is 5.56 Å². The molecule has 0 aliphatic carbocycles. The van der Waals surface area contributed by atoms with Crippen molar-refractivity contribution in [1.82, 2.24) is 10.7 Å². The van der Waals surface area contributed by atoms with Gasteiger partial charge in [-0.05, 0) is 6.08 Å². The first-order chi connectivity index (χ1) is 10.2. The van der Waals surface area contributed by atoms with Crippen molar-refractivity contribution in [2.45, 2.75) is 6.04 Å². The Hall–Kier alpha value is -2.83. The normalized spacial score (nSPS) is 16.6. The van der Waals surface area contributed by atoms with Crippen LogP contribution in [0.4, 0.5) is 4.79 Å². The summed E-state index contributed by atoms with van der Waals surface area (Å²) in [6, 6.07) is 8.28. The second-order valence-electron chi connectivity index (χ2n) is 4.24. The van der Waals surface area contributed by atoms with Gasteiger partial charge in [-0.25, -0.2) is 4.79 Å². The van der Waals surface area contributed by atoms with E-state index < -0.39 is 12.1 Å². The monoisotopic (exact) mass is 289 g/mol. The van der Waals surface area contributed by atoms with E-state index in [-0.39, 0.29) is 18.9 Å². The molecule has 1 aromatic carbocycles. The van der Waals surface area contributed by atoms with Gasteiger partial charge in [-0.2, -0.15) is 5.10 Å². The Kier molecular flexibility index (Phi) is 4.92. The third kappa shape index (κ3) is 4.34. The molecule has 1 aliphatic heterocycles. The molecule has 0 radical (unpaired) electrons. The number of amides is 1. The van der Waals surface area contributed by atoms with Crippen molar-refractivity contribution in [3.63, 3.8) is 0 Å². The summed E-state index contributed by atoms with van der Waals surface area (Å²) in [5.41, 5.74) is 3.29. The maximum atomic E-state index is 12.2. The number of ether oxygens (including phenoxy) is 1. The molecule has 21 heavy (non-hydrogen) atoms. The number of ketones is 1. The number of hydrogen-bond acceptors (Lipinski definition) is 5. The molecule has 110 valence electrons. The minimum Gasteiger partial charge on any atom is -0.490 e. The van der Waals surface area contributed by atoms with E-state index >= 15 is 0 Å². The minimum absolute atomic E-state index is 0.114. The topological polar surface area (TPSA) is 100 Å². The molecule has 1 atom stereocenters. The Labute approximate surface area is 121 Å². The summed E-state index contributed by atoms with van der Waals surface area (Å²) in [6.45, 7) is 0.321. The molecule has 1 amide bonds. The lowest BCUT2D eigenvalue weighted by Gasteiger charge is -2.17. The average molecular weight is 289 g/mol. The van der Waals surface area contributed by atoms with Crippen LogP contribution >= 0.6 is 0 Å². The van der Waals surface area contributed by atoms with Gasteiger partial charge in [0.05, 0.1) is 12.8 Å². The standard InChI is InChI=1S/C14H15N3O4/c18-13(10-4-2-1-3-5-10)12-8-11(9-16-17-12)21-7-6-15-14(19)20/h1-5,8-9,12,15,17H,6-7H2,(H,19,20). The molecule has 1 unspecified atom stereocenters. The molecule has 0 saturated carbocycles. The summed E-state index contributed by atoms with van der Waals surface area (Å²) in [5, 5.41) is 14.5. The number of allylic oxidation sites excluding steroid dienone is 1. The third-order valence-corrected chi connectivity index (χ3v) is 2.72. The predicted molar refractivity (Wildman–Crippen MR) is 76.3 cm³/mol. The van der Waals surface area contributed by atoms with Crippen LogP contribution in [0.2, 0.25) is 0 Å². The number of hydrazone groups is 1. The van der Waals surface area contributed by atoms with E-state index in [1.54, 1.807) is 30.3 Å². The zero-order valence-electron chi connectivity index (χ0n) is 11.2. The summed E-state index contributed by atoms with van der Waals surface area (Å²) < 4.78 is 5.34. The van der Waals surface area contributed by atoms with Gasteiger partial charge < -0.3 is 15.2 Å². The van der Waals surface area contributed by atoms with Crippen molar-refractivity contribution in [3.8, 4) is 0 Å². The number of carboxylic acid groups (broad SMARTS) is 1. The molecular weight excluding hydrogens is 274 g/mol. The number of benzene rings is 1. The minimum atomic E-state index is -1.11. The molecule has 0 saturated heterocycles. The molecule has 3 N–H and O–H groups in total. The van der Waals surface area contributed by atoms with Crippen LogP contribution in [0.5, 0.6) is 0 Å². The van der Waals surface area contributed by atoms with Gasteiger partial charge >= 0.3 is 6.09 Å². The second-order valence-corrected chi connectivity index (χ2v) is 4.24. The Morgan fingerprint density at radius 2 is 2.10 bits per heavy atom. The lowest BCUT2D eigenvalue weighted by atomic mass is 10.0. The van der Waals surface area contributed by atoms with E-state index in [2.05, 4.69) is 15.8 Å². The zero-order valence-corrected chi connectivity index (χ0v) is 11.2. The predicted octanol–water partition coefficient (Wildman–Crippen LogP) is 0.995. The van der Waals surface area contributed by atoms with Gasteiger partial charge in [0.2, 0.25) is 0 Å². The summed E-state index contributed by atoms with van der Waals surface area (Å²) >= 11 is 0. The van der Waals surface area contributed by atoms with Crippen LogP contribution < -0.4 is 10.7 Å². The molecule has 0 fully saturated rings. The van der Waals surface area contributed by atoms with Crippen molar-refractivity contribution < 1.29 is 19.4 Å². The van der Waals surface area contributed by atoms with Gasteiger partial charge in [-0.3, -0.25) is 10.2 Å². The SMILES string of the molecule is O=C(O)NCCOC1=CC(C(=O)c2ccccc2)NN=C1. The number of Topliss-reactive ketones (excluding diaryl/α,β-unsaturated/α-hetero) is 1. The molecule has 7 heteroatoms. The molecular formula is C14H15N3O4. The van der Waals surface area contributed by atoms with Crippen LogP contribution in [0.1, 0.15) is 10.4 Å². The van der Waals surface area contributed by atoms with Crippen LogP contribution in [0.15, 0.2) is 47.3 Å². The van der Waals surface area contributed by atoms with E-state index in [0.717, 1.165) is 0 Å². The first-order valence-corrected chi connectivity index (χ1v) is 6.36. The first kappa shape index (κ1) is 14.6. The number of nitrogens with one attached hydrogen (secondary N) is 2. The fraction of sp³-hybridized carbons (Fsp3) is 0.214. The smallest absolute Gasteiger partial charge is 0.404 e. The summed E-state index contributed by atoms with van der Waals surface area (Å²) in [6.07, 6.45) is 1.95. The average Bonchev–Trinajstić information content (AvgIpc) is 2.52. The molecule has 1 heterocycles. The van der Waals surface area contributed by atoms with E-state index in [4.69, 9.17) is 9.84 Å². The van der Waals surface area contributed by atoms with Crippen LogP contribution in [0.25, 0.3) is 0 Å². The molecule has 2 rings (SSSR count). The van der Waals surface area contributed by atoms with Crippen molar-refractivity contribution in [2.75, 3.05) is 13.2 Å². The fourth-order valence-corrected chi connectivity index (χ4v) is 1.75. The highest BCUT2D eigenvalue weighted by Crippen LogP contribution is 2.09. The van der Waals surface area contributed by atoms with E-state index in [9.17, 15) is 9.59 Å². The summed E-state index contributed by atoms with van der Waals surface area (Å²) in [7, 11) is 0. The molecule has 0 spiro atoms. The Morgan fingerprint density at radius 1 is 1.33 bits per heavy atom. The van der Waals surface area contributed by atoms with E-state index in [1.807, 2.05) is 6.07 Å². The van der Waals surface area contributed by atoms with Crippen LogP contribution in [-0.2, 0) is 4.74 Å². The molecule has 7 nitrogen and oxygen atoms in total. The Balaban J connectivity index is 1.92. The van der Waals surface area contributed by atoms with Crippen LogP contribution in [0.3, 0.4) is 0 Å². The van der Waals surface area contributed by atoms with E-state index in [0.29, 0.717) is 11.3 Å². The van der Waals surface area contributed by atoms with Crippen LogP contribution in [0, 0.1) is 0 Å². The van der Waals surface area contributed by atoms with Gasteiger partial charge in [-0.15, -0.1) is 0 Å². The summed E-state index contributed by atoms with van der Waals surface area (Å²) in [4.78, 5) is 22.5. The van der Waals surface area contributed by atoms with Crippen molar-refractivity contribution in [1.29, 1.82) is 0 Å². The second kappa shape index (κ2) is 7.09. The highest BCUT2D eigenvalue weighted by molar-refractivity contribution is 6.02. The lowest BCUT2D eigenvalue weighted by Crippen LogP contribution is -2.35. The first-order valence-electron chi connectivity index (χ1n) is 6.36. The fourth-order valence-electron chi connectivity index (χ4n) is 1.75. The molecule has 1 aromatic rings. The number of nitrogens with zero attached hydrogens (tertiary/aromatic N) is 1. The van der Waals surface area contributed by atoms with Crippen molar-refractivity contribution in [3.05, 3.63) is 47.7 Å². The molecule has 0 bridgehead atoms.